The van der Waals surface area contributed by atoms with Crippen LogP contribution >= 0.6 is 11.6 Å². The number of para-hydroxylation sites is 1. The zero-order valence-electron chi connectivity index (χ0n) is 11.8. The standard InChI is InChI=1S/C19H13ClN2/c20-16-8-5-7-14(12-16)18-13-15-6-1-2-9-17(15)22(18)19-10-3-4-11-21-19/h1-13H. The van der Waals surface area contributed by atoms with Crippen LogP contribution in [-0.2, 0) is 0 Å². The van der Waals surface area contributed by atoms with Gasteiger partial charge in [-0.3, -0.25) is 4.57 Å². The van der Waals surface area contributed by atoms with E-state index in [1.807, 2.05) is 54.7 Å². The van der Waals surface area contributed by atoms with Gasteiger partial charge in [-0.15, -0.1) is 0 Å². The SMILES string of the molecule is Clc1cccc(-c2cc3ccccc3n2-c2ccccn2)c1. The molecule has 2 heterocycles. The van der Waals surface area contributed by atoms with E-state index < -0.39 is 0 Å². The van der Waals surface area contributed by atoms with Crippen LogP contribution in [0.25, 0.3) is 28.0 Å². The van der Waals surface area contributed by atoms with Crippen molar-refractivity contribution in [1.29, 1.82) is 0 Å². The number of pyridine rings is 1. The zero-order chi connectivity index (χ0) is 14.9. The van der Waals surface area contributed by atoms with Gasteiger partial charge in [0.15, 0.2) is 0 Å². The van der Waals surface area contributed by atoms with Gasteiger partial charge in [-0.2, -0.15) is 0 Å². The molecule has 0 saturated heterocycles. The topological polar surface area (TPSA) is 17.8 Å². The molecule has 106 valence electrons. The van der Waals surface area contributed by atoms with Crippen LogP contribution in [0.5, 0.6) is 0 Å². The number of halogens is 1. The van der Waals surface area contributed by atoms with E-state index in [0.29, 0.717) is 0 Å². The van der Waals surface area contributed by atoms with Crippen LogP contribution in [-0.4, -0.2) is 9.55 Å². The number of benzene rings is 2. The summed E-state index contributed by atoms with van der Waals surface area (Å²) >= 11 is 6.17. The Bertz CT molecular complexity index is 942. The first-order chi connectivity index (χ1) is 10.8. The second-order valence-corrected chi connectivity index (χ2v) is 5.56. The van der Waals surface area contributed by atoms with Crippen molar-refractivity contribution in [1.82, 2.24) is 9.55 Å². The highest BCUT2D eigenvalue weighted by molar-refractivity contribution is 6.30. The molecule has 0 aliphatic rings. The Morgan fingerprint density at radius 3 is 2.50 bits per heavy atom. The lowest BCUT2D eigenvalue weighted by molar-refractivity contribution is 1.05. The Balaban J connectivity index is 2.06. The number of aromatic nitrogens is 2. The molecule has 0 saturated carbocycles. The van der Waals surface area contributed by atoms with Gasteiger partial charge in [0, 0.05) is 22.2 Å². The van der Waals surface area contributed by atoms with E-state index in [9.17, 15) is 0 Å². The molecule has 0 N–H and O–H groups in total. The maximum absolute atomic E-state index is 6.17. The fourth-order valence-electron chi connectivity index (χ4n) is 2.75. The fraction of sp³-hybridized carbons (Fsp3) is 0. The minimum Gasteiger partial charge on any atom is -0.294 e. The third-order valence-corrected chi connectivity index (χ3v) is 3.94. The van der Waals surface area contributed by atoms with Gasteiger partial charge in [0.2, 0.25) is 0 Å². The lowest BCUT2D eigenvalue weighted by atomic mass is 10.1. The Hall–Kier alpha value is -2.58. The molecule has 2 aromatic carbocycles. The number of hydrogen-bond donors (Lipinski definition) is 0. The summed E-state index contributed by atoms with van der Waals surface area (Å²) in [5.41, 5.74) is 3.30. The predicted molar refractivity (Wildman–Crippen MR) is 91.5 cm³/mol. The Kier molecular flexibility index (Phi) is 3.17. The maximum atomic E-state index is 6.17. The molecule has 2 aromatic heterocycles. The molecule has 4 aromatic rings. The molecule has 0 fully saturated rings. The van der Waals surface area contributed by atoms with E-state index >= 15 is 0 Å². The van der Waals surface area contributed by atoms with E-state index in [0.717, 1.165) is 27.6 Å². The number of rotatable bonds is 2. The molecule has 3 heteroatoms. The van der Waals surface area contributed by atoms with E-state index in [1.165, 1.54) is 5.39 Å². The van der Waals surface area contributed by atoms with Crippen LogP contribution in [0.4, 0.5) is 0 Å². The highest BCUT2D eigenvalue weighted by Gasteiger charge is 2.12. The van der Waals surface area contributed by atoms with Crippen LogP contribution in [0.15, 0.2) is 79.0 Å². The summed E-state index contributed by atoms with van der Waals surface area (Å²) in [6.45, 7) is 0. The molecule has 0 aliphatic carbocycles. The number of nitrogens with zero attached hydrogens (tertiary/aromatic N) is 2. The molecule has 0 unspecified atom stereocenters. The van der Waals surface area contributed by atoms with Crippen LogP contribution in [0, 0.1) is 0 Å². The van der Waals surface area contributed by atoms with Gasteiger partial charge < -0.3 is 0 Å². The van der Waals surface area contributed by atoms with Crippen LogP contribution in [0.3, 0.4) is 0 Å². The summed E-state index contributed by atoms with van der Waals surface area (Å²) in [5, 5.41) is 1.92. The third kappa shape index (κ3) is 2.18. The average Bonchev–Trinajstić information content (AvgIpc) is 2.95. The Labute approximate surface area is 133 Å². The van der Waals surface area contributed by atoms with E-state index in [1.54, 1.807) is 0 Å². The maximum Gasteiger partial charge on any atom is 0.137 e. The number of fused-ring (bicyclic) bond motifs is 1. The molecule has 4 rings (SSSR count). The molecule has 0 aliphatic heterocycles. The summed E-state index contributed by atoms with van der Waals surface area (Å²) in [7, 11) is 0. The smallest absolute Gasteiger partial charge is 0.137 e. The molecule has 0 amide bonds. The van der Waals surface area contributed by atoms with Crippen LogP contribution in [0.2, 0.25) is 5.02 Å². The summed E-state index contributed by atoms with van der Waals surface area (Å²) in [6.07, 6.45) is 1.81. The molecular formula is C19H13ClN2. The molecule has 0 spiro atoms. The van der Waals surface area contributed by atoms with Crippen molar-refractivity contribution >= 4 is 22.5 Å². The summed E-state index contributed by atoms with van der Waals surface area (Å²) in [4.78, 5) is 4.51. The van der Waals surface area contributed by atoms with Crippen molar-refractivity contribution in [3.05, 3.63) is 84.0 Å². The number of hydrogen-bond acceptors (Lipinski definition) is 1. The molecule has 22 heavy (non-hydrogen) atoms. The second-order valence-electron chi connectivity index (χ2n) is 5.12. The van der Waals surface area contributed by atoms with Crippen molar-refractivity contribution in [3.8, 4) is 17.1 Å². The van der Waals surface area contributed by atoms with Gasteiger partial charge in [-0.1, -0.05) is 48.0 Å². The Morgan fingerprint density at radius 1 is 0.818 bits per heavy atom. The fourth-order valence-corrected chi connectivity index (χ4v) is 2.94. The highest BCUT2D eigenvalue weighted by Crippen LogP contribution is 2.31. The normalized spacial score (nSPS) is 11.0. The first kappa shape index (κ1) is 13.1. The van der Waals surface area contributed by atoms with Gasteiger partial charge in [-0.05, 0) is 36.4 Å². The van der Waals surface area contributed by atoms with Gasteiger partial charge in [0.05, 0.1) is 11.2 Å². The minimum atomic E-state index is 0.732. The monoisotopic (exact) mass is 304 g/mol. The van der Waals surface area contributed by atoms with Crippen molar-refractivity contribution in [2.75, 3.05) is 0 Å². The summed E-state index contributed by atoms with van der Waals surface area (Å²) in [6, 6.07) is 24.3. The predicted octanol–water partition coefficient (Wildman–Crippen LogP) is 5.35. The van der Waals surface area contributed by atoms with Gasteiger partial charge in [0.1, 0.15) is 5.82 Å². The lowest BCUT2D eigenvalue weighted by Crippen LogP contribution is -1.98. The molecule has 2 nitrogen and oxygen atoms in total. The lowest BCUT2D eigenvalue weighted by Gasteiger charge is -2.10. The zero-order valence-corrected chi connectivity index (χ0v) is 12.5. The van der Waals surface area contributed by atoms with E-state index in [2.05, 4.69) is 33.8 Å². The van der Waals surface area contributed by atoms with E-state index in [-0.39, 0.29) is 0 Å². The van der Waals surface area contributed by atoms with Gasteiger partial charge >= 0.3 is 0 Å². The summed E-state index contributed by atoms with van der Waals surface area (Å²) in [5.74, 6) is 0.902. The second kappa shape index (κ2) is 5.32. The average molecular weight is 305 g/mol. The van der Waals surface area contributed by atoms with Crippen molar-refractivity contribution in [2.45, 2.75) is 0 Å². The molecular weight excluding hydrogens is 292 g/mol. The van der Waals surface area contributed by atoms with Crippen molar-refractivity contribution < 1.29 is 0 Å². The highest BCUT2D eigenvalue weighted by atomic mass is 35.5. The first-order valence-corrected chi connectivity index (χ1v) is 7.48. The summed E-state index contributed by atoms with van der Waals surface area (Å²) < 4.78 is 2.17. The van der Waals surface area contributed by atoms with Crippen LogP contribution in [0.1, 0.15) is 0 Å². The Morgan fingerprint density at radius 2 is 1.68 bits per heavy atom. The van der Waals surface area contributed by atoms with Gasteiger partial charge in [0.25, 0.3) is 0 Å². The quantitative estimate of drug-likeness (QED) is 0.488. The molecule has 0 bridgehead atoms. The first-order valence-electron chi connectivity index (χ1n) is 7.11. The van der Waals surface area contributed by atoms with Gasteiger partial charge in [-0.25, -0.2) is 4.98 Å². The minimum absolute atomic E-state index is 0.732. The van der Waals surface area contributed by atoms with Crippen LogP contribution < -0.4 is 0 Å². The largest absolute Gasteiger partial charge is 0.294 e. The van der Waals surface area contributed by atoms with Crippen molar-refractivity contribution in [3.63, 3.8) is 0 Å². The van der Waals surface area contributed by atoms with Crippen molar-refractivity contribution in [2.24, 2.45) is 0 Å². The molecule has 0 radical (unpaired) electrons. The molecule has 0 atom stereocenters. The third-order valence-electron chi connectivity index (χ3n) is 3.71. The van der Waals surface area contributed by atoms with E-state index in [4.69, 9.17) is 11.6 Å².